The second-order valence-corrected chi connectivity index (χ2v) is 9.02. The lowest BCUT2D eigenvalue weighted by Gasteiger charge is -2.38. The summed E-state index contributed by atoms with van der Waals surface area (Å²) in [5, 5.41) is 0. The van der Waals surface area contributed by atoms with Gasteiger partial charge in [-0.25, -0.2) is 0 Å². The number of piperidine rings is 2. The smallest absolute Gasteiger partial charge is 0.226 e. The number of benzene rings is 2. The van der Waals surface area contributed by atoms with Gasteiger partial charge < -0.3 is 4.90 Å². The zero-order valence-electron chi connectivity index (χ0n) is 17.7. The van der Waals surface area contributed by atoms with E-state index in [1.54, 1.807) is 0 Å². The Morgan fingerprint density at radius 3 is 2.45 bits per heavy atom. The van der Waals surface area contributed by atoms with Crippen LogP contribution in [-0.4, -0.2) is 41.9 Å². The van der Waals surface area contributed by atoms with Crippen LogP contribution in [0.2, 0.25) is 0 Å². The number of rotatable bonds is 5. The van der Waals surface area contributed by atoms with E-state index >= 15 is 0 Å². The molecule has 0 radical (unpaired) electrons. The molecule has 154 valence electrons. The van der Waals surface area contributed by atoms with Crippen molar-refractivity contribution in [3.63, 3.8) is 0 Å². The molecule has 0 aromatic heterocycles. The molecule has 0 spiro atoms. The Bertz CT molecular complexity index is 795. The second kappa shape index (κ2) is 9.58. The summed E-state index contributed by atoms with van der Waals surface area (Å²) in [6.07, 6.45) is 5.61. The topological polar surface area (TPSA) is 23.6 Å². The molecular formula is C26H34N2O. The highest BCUT2D eigenvalue weighted by atomic mass is 16.2. The van der Waals surface area contributed by atoms with E-state index in [0.717, 1.165) is 64.8 Å². The molecule has 2 saturated heterocycles. The van der Waals surface area contributed by atoms with Crippen molar-refractivity contribution in [3.8, 4) is 0 Å². The van der Waals surface area contributed by atoms with Crippen LogP contribution >= 0.6 is 0 Å². The molecule has 2 aromatic rings. The van der Waals surface area contributed by atoms with Gasteiger partial charge >= 0.3 is 0 Å². The third-order valence-corrected chi connectivity index (χ3v) is 6.64. The number of hydrogen-bond acceptors (Lipinski definition) is 2. The third-order valence-electron chi connectivity index (χ3n) is 6.64. The molecule has 0 aliphatic carbocycles. The Morgan fingerprint density at radius 2 is 1.69 bits per heavy atom. The summed E-state index contributed by atoms with van der Waals surface area (Å²) in [4.78, 5) is 17.8. The lowest BCUT2D eigenvalue weighted by atomic mass is 9.89. The van der Waals surface area contributed by atoms with Gasteiger partial charge in [-0.3, -0.25) is 9.69 Å². The van der Waals surface area contributed by atoms with Gasteiger partial charge in [-0.15, -0.1) is 0 Å². The Balaban J connectivity index is 1.27. The van der Waals surface area contributed by atoms with Gasteiger partial charge in [-0.1, -0.05) is 60.2 Å². The fourth-order valence-corrected chi connectivity index (χ4v) is 5.03. The van der Waals surface area contributed by atoms with E-state index < -0.39 is 0 Å². The van der Waals surface area contributed by atoms with Crippen molar-refractivity contribution in [2.45, 2.75) is 45.6 Å². The van der Waals surface area contributed by atoms with Gasteiger partial charge in [0.15, 0.2) is 0 Å². The lowest BCUT2D eigenvalue weighted by molar-refractivity contribution is -0.138. The van der Waals surface area contributed by atoms with Crippen molar-refractivity contribution in [2.75, 3.05) is 26.2 Å². The number of carbonyl (C=O) groups excluding carboxylic acids is 1. The van der Waals surface area contributed by atoms with Crippen LogP contribution in [0, 0.1) is 18.8 Å². The largest absolute Gasteiger partial charge is 0.342 e. The van der Waals surface area contributed by atoms with Crippen LogP contribution in [0.25, 0.3) is 0 Å². The van der Waals surface area contributed by atoms with Crippen LogP contribution in [-0.2, 0) is 17.8 Å². The summed E-state index contributed by atoms with van der Waals surface area (Å²) < 4.78 is 0. The van der Waals surface area contributed by atoms with Crippen molar-refractivity contribution in [1.29, 1.82) is 0 Å². The van der Waals surface area contributed by atoms with E-state index in [9.17, 15) is 4.79 Å². The van der Waals surface area contributed by atoms with Crippen molar-refractivity contribution < 1.29 is 4.79 Å². The fraction of sp³-hybridized carbons (Fsp3) is 0.500. The molecule has 2 aliphatic rings. The molecule has 29 heavy (non-hydrogen) atoms. The highest BCUT2D eigenvalue weighted by Crippen LogP contribution is 2.26. The molecule has 0 unspecified atom stereocenters. The molecule has 4 rings (SSSR count). The van der Waals surface area contributed by atoms with Crippen LogP contribution in [0.4, 0.5) is 0 Å². The van der Waals surface area contributed by atoms with E-state index in [2.05, 4.69) is 71.3 Å². The van der Waals surface area contributed by atoms with Crippen LogP contribution in [0.15, 0.2) is 54.6 Å². The van der Waals surface area contributed by atoms with E-state index in [-0.39, 0.29) is 5.92 Å². The molecular weight excluding hydrogens is 356 g/mol. The number of carbonyl (C=O) groups is 1. The van der Waals surface area contributed by atoms with E-state index in [1.807, 2.05) is 0 Å². The van der Waals surface area contributed by atoms with Crippen LogP contribution in [0.1, 0.15) is 42.4 Å². The van der Waals surface area contributed by atoms with E-state index in [0.29, 0.717) is 11.8 Å². The number of likely N-dealkylation sites (tertiary alicyclic amines) is 2. The van der Waals surface area contributed by atoms with Gasteiger partial charge in [0.05, 0.1) is 5.92 Å². The third kappa shape index (κ3) is 5.48. The lowest BCUT2D eigenvalue weighted by Crippen LogP contribution is -2.47. The molecule has 2 aliphatic heterocycles. The van der Waals surface area contributed by atoms with Crippen LogP contribution in [0.3, 0.4) is 0 Å². The monoisotopic (exact) mass is 390 g/mol. The standard InChI is InChI=1S/C26H34N2O/c1-21-7-5-10-24(17-21)19-27-14-6-11-25(20-27)26(29)28-15-12-23(13-16-28)18-22-8-3-2-4-9-22/h2-5,7-10,17,23,25H,6,11-16,18-20H2,1H3/t25-/m0/s1. The molecule has 2 heterocycles. The number of aryl methyl sites for hydroxylation is 1. The van der Waals surface area contributed by atoms with E-state index in [4.69, 9.17) is 0 Å². The predicted molar refractivity (Wildman–Crippen MR) is 119 cm³/mol. The molecule has 3 heteroatoms. The predicted octanol–water partition coefficient (Wildman–Crippen LogP) is 4.69. The first-order valence-electron chi connectivity index (χ1n) is 11.3. The molecule has 1 amide bonds. The maximum atomic E-state index is 13.2. The molecule has 0 saturated carbocycles. The first kappa shape index (κ1) is 20.2. The first-order chi connectivity index (χ1) is 14.2. The fourth-order valence-electron chi connectivity index (χ4n) is 5.03. The summed E-state index contributed by atoms with van der Waals surface area (Å²) in [5.41, 5.74) is 4.10. The zero-order valence-corrected chi connectivity index (χ0v) is 17.7. The van der Waals surface area contributed by atoms with Crippen molar-refractivity contribution >= 4 is 5.91 Å². The average Bonchev–Trinajstić information content (AvgIpc) is 2.75. The highest BCUT2D eigenvalue weighted by molar-refractivity contribution is 5.79. The first-order valence-corrected chi connectivity index (χ1v) is 11.3. The van der Waals surface area contributed by atoms with Crippen molar-refractivity contribution in [2.24, 2.45) is 11.8 Å². The molecule has 2 fully saturated rings. The van der Waals surface area contributed by atoms with Gasteiger partial charge in [0.1, 0.15) is 0 Å². The highest BCUT2D eigenvalue weighted by Gasteiger charge is 2.31. The van der Waals surface area contributed by atoms with Gasteiger partial charge in [0.25, 0.3) is 0 Å². The minimum atomic E-state index is 0.180. The summed E-state index contributed by atoms with van der Waals surface area (Å²) in [7, 11) is 0. The number of amides is 1. The Labute approximate surface area is 175 Å². The number of nitrogens with zero attached hydrogens (tertiary/aromatic N) is 2. The normalized spacial score (nSPS) is 21.3. The molecule has 3 nitrogen and oxygen atoms in total. The Morgan fingerprint density at radius 1 is 0.931 bits per heavy atom. The summed E-state index contributed by atoms with van der Waals surface area (Å²) in [5.74, 6) is 1.29. The van der Waals surface area contributed by atoms with Crippen molar-refractivity contribution in [3.05, 3.63) is 71.3 Å². The average molecular weight is 391 g/mol. The molecule has 0 bridgehead atoms. The molecule has 0 N–H and O–H groups in total. The van der Waals surface area contributed by atoms with Gasteiger partial charge in [-0.05, 0) is 62.6 Å². The van der Waals surface area contributed by atoms with Crippen LogP contribution < -0.4 is 0 Å². The van der Waals surface area contributed by atoms with Crippen molar-refractivity contribution in [1.82, 2.24) is 9.80 Å². The molecule has 2 aromatic carbocycles. The Hall–Kier alpha value is -2.13. The zero-order chi connectivity index (χ0) is 20.1. The number of hydrogen-bond donors (Lipinski definition) is 0. The second-order valence-electron chi connectivity index (χ2n) is 9.02. The minimum Gasteiger partial charge on any atom is -0.342 e. The van der Waals surface area contributed by atoms with Gasteiger partial charge in [0, 0.05) is 26.2 Å². The van der Waals surface area contributed by atoms with E-state index in [1.165, 1.54) is 16.7 Å². The summed E-state index contributed by atoms with van der Waals surface area (Å²) >= 11 is 0. The van der Waals surface area contributed by atoms with Crippen LogP contribution in [0.5, 0.6) is 0 Å². The minimum absolute atomic E-state index is 0.180. The summed E-state index contributed by atoms with van der Waals surface area (Å²) in [6.45, 7) is 7.00. The quantitative estimate of drug-likeness (QED) is 0.739. The van der Waals surface area contributed by atoms with Gasteiger partial charge in [-0.2, -0.15) is 0 Å². The summed E-state index contributed by atoms with van der Waals surface area (Å²) in [6, 6.07) is 19.5. The van der Waals surface area contributed by atoms with Gasteiger partial charge in [0.2, 0.25) is 5.91 Å². The maximum absolute atomic E-state index is 13.2. The SMILES string of the molecule is Cc1cccc(CN2CCC[C@H](C(=O)N3CCC(Cc4ccccc4)CC3)C2)c1. The molecule has 1 atom stereocenters. The maximum Gasteiger partial charge on any atom is 0.226 e. The Kier molecular flexibility index (Phi) is 6.66.